The molecule has 1 heterocycles. The molecule has 27 heavy (non-hydrogen) atoms. The van der Waals surface area contributed by atoms with Crippen molar-refractivity contribution in [3.63, 3.8) is 0 Å². The van der Waals surface area contributed by atoms with Crippen LogP contribution in [0.15, 0.2) is 29.2 Å². The number of anilines is 1. The zero-order valence-corrected chi connectivity index (χ0v) is 16.8. The molecule has 2 fully saturated rings. The summed E-state index contributed by atoms with van der Waals surface area (Å²) in [5.41, 5.74) is 0.582. The van der Waals surface area contributed by atoms with E-state index in [0.717, 1.165) is 38.5 Å². The van der Waals surface area contributed by atoms with Gasteiger partial charge in [0.15, 0.2) is 0 Å². The second-order valence-electron chi connectivity index (χ2n) is 7.73. The summed E-state index contributed by atoms with van der Waals surface area (Å²) in [6, 6.07) is 6.39. The summed E-state index contributed by atoms with van der Waals surface area (Å²) >= 11 is 0. The highest BCUT2D eigenvalue weighted by molar-refractivity contribution is 7.89. The van der Waals surface area contributed by atoms with E-state index in [1.165, 1.54) is 6.42 Å². The molecule has 6 nitrogen and oxygen atoms in total. The van der Waals surface area contributed by atoms with E-state index in [1.807, 2.05) is 0 Å². The molecule has 0 atom stereocenters. The number of hydrogen-bond donors (Lipinski definition) is 1. The van der Waals surface area contributed by atoms with Crippen LogP contribution < -0.4 is 5.32 Å². The Kier molecular flexibility index (Phi) is 6.89. The van der Waals surface area contributed by atoms with Crippen LogP contribution in [0.4, 0.5) is 5.69 Å². The second-order valence-corrected chi connectivity index (χ2v) is 9.67. The first-order valence-electron chi connectivity index (χ1n) is 9.97. The lowest BCUT2D eigenvalue weighted by molar-refractivity contribution is -0.123. The summed E-state index contributed by atoms with van der Waals surface area (Å²) in [7, 11) is -3.46. The maximum Gasteiger partial charge on any atom is 0.250 e. The zero-order valence-electron chi connectivity index (χ0n) is 16.0. The Hall–Kier alpha value is -1.44. The van der Waals surface area contributed by atoms with Crippen LogP contribution in [0, 0.1) is 5.92 Å². The highest BCUT2D eigenvalue weighted by Gasteiger charge is 2.27. The molecule has 1 aromatic carbocycles. The van der Waals surface area contributed by atoms with Gasteiger partial charge in [0.25, 0.3) is 0 Å². The van der Waals surface area contributed by atoms with E-state index in [0.29, 0.717) is 24.7 Å². The van der Waals surface area contributed by atoms with Crippen molar-refractivity contribution < 1.29 is 17.9 Å². The van der Waals surface area contributed by atoms with Crippen LogP contribution in [0.2, 0.25) is 0 Å². The van der Waals surface area contributed by atoms with E-state index in [1.54, 1.807) is 28.6 Å². The standard InChI is InChI=1S/C20H30N2O4S/c1-16-11-13-22(14-12-16)27(24,25)19-9-7-17(8-10-19)21-20(23)15-26-18-5-3-2-4-6-18/h7-10,16,18H,2-6,11-15H2,1H3,(H,21,23). The normalized spacial score (nSPS) is 20.5. The number of nitrogens with zero attached hydrogens (tertiary/aromatic N) is 1. The molecule has 1 amide bonds. The van der Waals surface area contributed by atoms with Crippen molar-refractivity contribution in [2.24, 2.45) is 5.92 Å². The van der Waals surface area contributed by atoms with Gasteiger partial charge in [-0.25, -0.2) is 8.42 Å². The third-order valence-corrected chi connectivity index (χ3v) is 7.43. The van der Waals surface area contributed by atoms with Crippen molar-refractivity contribution in [1.82, 2.24) is 4.31 Å². The summed E-state index contributed by atoms with van der Waals surface area (Å²) in [5, 5.41) is 2.77. The summed E-state index contributed by atoms with van der Waals surface area (Å²) in [4.78, 5) is 12.3. The number of sulfonamides is 1. The third kappa shape index (κ3) is 5.53. The average molecular weight is 395 g/mol. The molecule has 0 unspecified atom stereocenters. The highest BCUT2D eigenvalue weighted by atomic mass is 32.2. The highest BCUT2D eigenvalue weighted by Crippen LogP contribution is 2.24. The average Bonchev–Trinajstić information content (AvgIpc) is 2.68. The van der Waals surface area contributed by atoms with Gasteiger partial charge in [-0.1, -0.05) is 26.2 Å². The van der Waals surface area contributed by atoms with Crippen LogP contribution in [-0.4, -0.2) is 44.4 Å². The molecule has 0 bridgehead atoms. The predicted octanol–water partition coefficient (Wildman–Crippen LogP) is 3.40. The van der Waals surface area contributed by atoms with Gasteiger partial charge in [0.1, 0.15) is 6.61 Å². The van der Waals surface area contributed by atoms with Crippen LogP contribution in [0.1, 0.15) is 51.9 Å². The fourth-order valence-corrected chi connectivity index (χ4v) is 5.18. The van der Waals surface area contributed by atoms with Crippen LogP contribution in [-0.2, 0) is 19.6 Å². The van der Waals surface area contributed by atoms with Crippen molar-refractivity contribution in [2.45, 2.75) is 62.9 Å². The number of rotatable bonds is 6. The lowest BCUT2D eigenvalue weighted by Crippen LogP contribution is -2.37. The first-order chi connectivity index (χ1) is 12.9. The molecule has 1 saturated heterocycles. The molecule has 1 aliphatic carbocycles. The number of nitrogens with one attached hydrogen (secondary N) is 1. The van der Waals surface area contributed by atoms with Gasteiger partial charge < -0.3 is 10.1 Å². The number of ether oxygens (including phenoxy) is 1. The number of benzene rings is 1. The summed E-state index contributed by atoms with van der Waals surface area (Å²) in [6.45, 7) is 3.33. The Morgan fingerprint density at radius 1 is 1.07 bits per heavy atom. The van der Waals surface area contributed by atoms with Gasteiger partial charge in [0.05, 0.1) is 11.0 Å². The second kappa shape index (κ2) is 9.17. The Balaban J connectivity index is 1.52. The lowest BCUT2D eigenvalue weighted by Gasteiger charge is -2.29. The van der Waals surface area contributed by atoms with E-state index in [-0.39, 0.29) is 23.5 Å². The summed E-state index contributed by atoms with van der Waals surface area (Å²) in [5.74, 6) is 0.367. The fraction of sp³-hybridized carbons (Fsp3) is 0.650. The molecule has 2 aliphatic rings. The molecule has 150 valence electrons. The Morgan fingerprint density at radius 2 is 1.70 bits per heavy atom. The Morgan fingerprint density at radius 3 is 2.33 bits per heavy atom. The topological polar surface area (TPSA) is 75.7 Å². The van der Waals surface area contributed by atoms with E-state index in [2.05, 4.69) is 12.2 Å². The fourth-order valence-electron chi connectivity index (χ4n) is 3.71. The minimum Gasteiger partial charge on any atom is -0.368 e. The predicted molar refractivity (Wildman–Crippen MR) is 105 cm³/mol. The molecular formula is C20H30N2O4S. The monoisotopic (exact) mass is 394 g/mol. The van der Waals surface area contributed by atoms with Crippen LogP contribution >= 0.6 is 0 Å². The molecule has 1 aromatic rings. The third-order valence-electron chi connectivity index (χ3n) is 5.52. The maximum absolute atomic E-state index is 12.7. The Bertz CT molecular complexity index is 719. The van der Waals surface area contributed by atoms with Gasteiger partial charge in [-0.2, -0.15) is 4.31 Å². The zero-order chi connectivity index (χ0) is 19.3. The minimum absolute atomic E-state index is 0.0384. The van der Waals surface area contributed by atoms with Crippen molar-refractivity contribution in [2.75, 3.05) is 25.0 Å². The summed E-state index contributed by atoms with van der Waals surface area (Å²) in [6.07, 6.45) is 7.60. The molecule has 1 saturated carbocycles. The van der Waals surface area contributed by atoms with Gasteiger partial charge >= 0.3 is 0 Å². The van der Waals surface area contributed by atoms with Crippen molar-refractivity contribution in [1.29, 1.82) is 0 Å². The maximum atomic E-state index is 12.7. The van der Waals surface area contributed by atoms with E-state index < -0.39 is 10.0 Å². The van der Waals surface area contributed by atoms with Crippen molar-refractivity contribution >= 4 is 21.6 Å². The van der Waals surface area contributed by atoms with E-state index in [9.17, 15) is 13.2 Å². The smallest absolute Gasteiger partial charge is 0.250 e. The first kappa shape index (κ1) is 20.3. The van der Waals surface area contributed by atoms with Gasteiger partial charge in [0, 0.05) is 18.8 Å². The Labute approximate surface area is 162 Å². The van der Waals surface area contributed by atoms with Crippen LogP contribution in [0.5, 0.6) is 0 Å². The van der Waals surface area contributed by atoms with E-state index >= 15 is 0 Å². The van der Waals surface area contributed by atoms with Gasteiger partial charge in [-0.05, 0) is 55.9 Å². The molecule has 3 rings (SSSR count). The SMILES string of the molecule is CC1CCN(S(=O)(=O)c2ccc(NC(=O)COC3CCCCC3)cc2)CC1. The minimum atomic E-state index is -3.46. The number of piperidine rings is 1. The van der Waals surface area contributed by atoms with E-state index in [4.69, 9.17) is 4.74 Å². The molecule has 0 radical (unpaired) electrons. The van der Waals surface area contributed by atoms with Gasteiger partial charge in [-0.3, -0.25) is 4.79 Å². The molecule has 1 N–H and O–H groups in total. The van der Waals surface area contributed by atoms with Crippen molar-refractivity contribution in [3.8, 4) is 0 Å². The molecule has 0 aromatic heterocycles. The van der Waals surface area contributed by atoms with Crippen LogP contribution in [0.25, 0.3) is 0 Å². The first-order valence-corrected chi connectivity index (χ1v) is 11.4. The van der Waals surface area contributed by atoms with Gasteiger partial charge in [-0.15, -0.1) is 0 Å². The number of carbonyl (C=O) groups excluding carboxylic acids is 1. The molecule has 0 spiro atoms. The number of amides is 1. The lowest BCUT2D eigenvalue weighted by atomic mass is 9.98. The van der Waals surface area contributed by atoms with Gasteiger partial charge in [0.2, 0.25) is 15.9 Å². The number of carbonyl (C=O) groups is 1. The number of hydrogen-bond acceptors (Lipinski definition) is 4. The molecule has 7 heteroatoms. The quantitative estimate of drug-likeness (QED) is 0.802. The van der Waals surface area contributed by atoms with Crippen molar-refractivity contribution in [3.05, 3.63) is 24.3 Å². The summed E-state index contributed by atoms with van der Waals surface area (Å²) < 4.78 is 32.7. The van der Waals surface area contributed by atoms with Crippen LogP contribution in [0.3, 0.4) is 0 Å². The molecule has 1 aliphatic heterocycles. The molecular weight excluding hydrogens is 364 g/mol. The largest absolute Gasteiger partial charge is 0.368 e.